The maximum Gasteiger partial charge on any atom is 0.0697 e. The van der Waals surface area contributed by atoms with Gasteiger partial charge in [0.2, 0.25) is 0 Å². The molecule has 4 nitrogen and oxygen atoms in total. The number of hydrogen-bond acceptors (Lipinski definition) is 4. The van der Waals surface area contributed by atoms with Gasteiger partial charge in [0, 0.05) is 24.5 Å². The summed E-state index contributed by atoms with van der Waals surface area (Å²) >= 11 is 0. The molecule has 0 radical (unpaired) electrons. The molecule has 0 fully saturated rings. The second-order valence-corrected chi connectivity index (χ2v) is 3.69. The summed E-state index contributed by atoms with van der Waals surface area (Å²) in [7, 11) is 0. The summed E-state index contributed by atoms with van der Waals surface area (Å²) in [6.45, 7) is 4.06. The molecule has 0 atom stereocenters. The second kappa shape index (κ2) is 7.09. The van der Waals surface area contributed by atoms with Gasteiger partial charge in [0.25, 0.3) is 0 Å². The van der Waals surface area contributed by atoms with Crippen LogP contribution in [-0.2, 0) is 4.74 Å². The Morgan fingerprint density at radius 1 is 1.38 bits per heavy atom. The summed E-state index contributed by atoms with van der Waals surface area (Å²) in [5.74, 6) is 0. The van der Waals surface area contributed by atoms with Crippen LogP contribution in [0.3, 0.4) is 0 Å². The third-order valence-corrected chi connectivity index (χ3v) is 2.27. The van der Waals surface area contributed by atoms with Crippen LogP contribution in [0.15, 0.2) is 18.2 Å². The van der Waals surface area contributed by atoms with Crippen molar-refractivity contribution in [3.63, 3.8) is 0 Å². The van der Waals surface area contributed by atoms with Gasteiger partial charge in [-0.1, -0.05) is 0 Å². The monoisotopic (exact) mass is 224 g/mol. The van der Waals surface area contributed by atoms with Gasteiger partial charge in [-0.25, -0.2) is 0 Å². The summed E-state index contributed by atoms with van der Waals surface area (Å²) in [6.07, 6.45) is 0.920. The van der Waals surface area contributed by atoms with Gasteiger partial charge in [-0.15, -0.1) is 0 Å². The molecule has 16 heavy (non-hydrogen) atoms. The van der Waals surface area contributed by atoms with Crippen molar-refractivity contribution in [3.05, 3.63) is 23.8 Å². The minimum atomic E-state index is 0.0878. The first-order valence-electron chi connectivity index (χ1n) is 5.52. The van der Waals surface area contributed by atoms with Crippen LogP contribution in [0.2, 0.25) is 0 Å². The van der Waals surface area contributed by atoms with E-state index in [1.165, 1.54) is 0 Å². The van der Waals surface area contributed by atoms with Crippen LogP contribution >= 0.6 is 0 Å². The molecule has 0 aromatic heterocycles. The van der Waals surface area contributed by atoms with Crippen LogP contribution in [0.25, 0.3) is 0 Å². The summed E-state index contributed by atoms with van der Waals surface area (Å²) in [6, 6.07) is 5.82. The lowest BCUT2D eigenvalue weighted by atomic mass is 10.2. The van der Waals surface area contributed by atoms with Crippen molar-refractivity contribution < 1.29 is 9.84 Å². The zero-order chi connectivity index (χ0) is 11.8. The summed E-state index contributed by atoms with van der Waals surface area (Å²) < 4.78 is 5.16. The lowest BCUT2D eigenvalue weighted by molar-refractivity contribution is 0.0922. The minimum Gasteiger partial charge on any atom is -0.399 e. The van der Waals surface area contributed by atoms with Gasteiger partial charge in [0.05, 0.1) is 13.2 Å². The molecule has 1 aromatic rings. The lowest BCUT2D eigenvalue weighted by Crippen LogP contribution is -2.08. The number of benzene rings is 1. The topological polar surface area (TPSA) is 67.5 Å². The Morgan fingerprint density at radius 3 is 2.88 bits per heavy atom. The number of aliphatic hydroxyl groups is 1. The Hall–Kier alpha value is -1.26. The molecule has 0 aliphatic heterocycles. The normalized spacial score (nSPS) is 10.4. The largest absolute Gasteiger partial charge is 0.399 e. The number of nitrogens with two attached hydrogens (primary N) is 1. The molecule has 0 amide bonds. The zero-order valence-corrected chi connectivity index (χ0v) is 9.70. The van der Waals surface area contributed by atoms with Crippen LogP contribution in [-0.4, -0.2) is 31.5 Å². The predicted molar refractivity (Wildman–Crippen MR) is 66.6 cm³/mol. The van der Waals surface area contributed by atoms with Gasteiger partial charge in [-0.3, -0.25) is 0 Å². The van der Waals surface area contributed by atoms with Crippen molar-refractivity contribution in [2.75, 3.05) is 37.4 Å². The zero-order valence-electron chi connectivity index (χ0n) is 9.70. The van der Waals surface area contributed by atoms with Gasteiger partial charge in [0.1, 0.15) is 0 Å². The molecule has 1 aromatic carbocycles. The number of rotatable bonds is 7. The van der Waals surface area contributed by atoms with Crippen LogP contribution < -0.4 is 11.1 Å². The highest BCUT2D eigenvalue weighted by Crippen LogP contribution is 2.17. The van der Waals surface area contributed by atoms with E-state index in [9.17, 15) is 0 Å². The van der Waals surface area contributed by atoms with E-state index in [2.05, 4.69) is 5.32 Å². The third kappa shape index (κ3) is 4.51. The van der Waals surface area contributed by atoms with E-state index >= 15 is 0 Å². The average molecular weight is 224 g/mol. The van der Waals surface area contributed by atoms with Crippen molar-refractivity contribution in [2.24, 2.45) is 0 Å². The van der Waals surface area contributed by atoms with Crippen LogP contribution in [0.1, 0.15) is 12.0 Å². The Morgan fingerprint density at radius 2 is 2.19 bits per heavy atom. The van der Waals surface area contributed by atoms with Gasteiger partial charge < -0.3 is 20.9 Å². The smallest absolute Gasteiger partial charge is 0.0697 e. The van der Waals surface area contributed by atoms with E-state index in [4.69, 9.17) is 15.6 Å². The highest BCUT2D eigenvalue weighted by atomic mass is 16.5. The number of ether oxygens (including phenoxy) is 1. The Balaban J connectivity index is 2.21. The lowest BCUT2D eigenvalue weighted by Gasteiger charge is -2.10. The van der Waals surface area contributed by atoms with E-state index in [1.54, 1.807) is 0 Å². The number of nitrogens with one attached hydrogen (secondary N) is 1. The molecule has 4 N–H and O–H groups in total. The maximum absolute atomic E-state index is 8.51. The van der Waals surface area contributed by atoms with E-state index in [0.29, 0.717) is 13.2 Å². The van der Waals surface area contributed by atoms with Crippen molar-refractivity contribution in [2.45, 2.75) is 13.3 Å². The first-order chi connectivity index (χ1) is 7.74. The quantitative estimate of drug-likeness (QED) is 0.483. The maximum atomic E-state index is 8.51. The fourth-order valence-electron chi connectivity index (χ4n) is 1.45. The molecular formula is C12H20N2O2. The van der Waals surface area contributed by atoms with Crippen molar-refractivity contribution >= 4 is 11.4 Å². The Bertz CT molecular complexity index is 316. The first kappa shape index (κ1) is 12.8. The summed E-state index contributed by atoms with van der Waals surface area (Å²) in [4.78, 5) is 0. The molecule has 0 aliphatic rings. The SMILES string of the molecule is Cc1cc(N)ccc1NCCCOCCO. The standard InChI is InChI=1S/C12H20N2O2/c1-10-9-11(13)3-4-12(10)14-5-2-7-16-8-6-15/h3-4,9,14-15H,2,5-8,13H2,1H3. The van der Waals surface area contributed by atoms with Gasteiger partial charge in [-0.2, -0.15) is 0 Å². The average Bonchev–Trinajstić information content (AvgIpc) is 2.26. The fraction of sp³-hybridized carbons (Fsp3) is 0.500. The van der Waals surface area contributed by atoms with E-state index in [-0.39, 0.29) is 6.61 Å². The molecular weight excluding hydrogens is 204 g/mol. The highest BCUT2D eigenvalue weighted by Gasteiger charge is 1.97. The van der Waals surface area contributed by atoms with E-state index in [0.717, 1.165) is 29.9 Å². The summed E-state index contributed by atoms with van der Waals surface area (Å²) in [5.41, 5.74) is 8.71. The van der Waals surface area contributed by atoms with Crippen molar-refractivity contribution in [1.29, 1.82) is 0 Å². The van der Waals surface area contributed by atoms with E-state index < -0.39 is 0 Å². The van der Waals surface area contributed by atoms with Crippen LogP contribution in [0.5, 0.6) is 0 Å². The summed E-state index contributed by atoms with van der Waals surface area (Å²) in [5, 5.41) is 11.8. The second-order valence-electron chi connectivity index (χ2n) is 3.69. The first-order valence-corrected chi connectivity index (χ1v) is 5.52. The van der Waals surface area contributed by atoms with Crippen molar-refractivity contribution in [3.8, 4) is 0 Å². The molecule has 0 heterocycles. The molecule has 90 valence electrons. The molecule has 0 spiro atoms. The van der Waals surface area contributed by atoms with E-state index in [1.807, 2.05) is 25.1 Å². The molecule has 0 unspecified atom stereocenters. The number of anilines is 2. The number of aliphatic hydroxyl groups excluding tert-OH is 1. The number of hydrogen-bond donors (Lipinski definition) is 3. The van der Waals surface area contributed by atoms with Gasteiger partial charge >= 0.3 is 0 Å². The van der Waals surface area contributed by atoms with Gasteiger partial charge in [-0.05, 0) is 37.1 Å². The Kier molecular flexibility index (Phi) is 5.67. The van der Waals surface area contributed by atoms with Gasteiger partial charge in [0.15, 0.2) is 0 Å². The minimum absolute atomic E-state index is 0.0878. The molecule has 0 saturated heterocycles. The number of nitrogen functional groups attached to an aromatic ring is 1. The molecule has 0 bridgehead atoms. The van der Waals surface area contributed by atoms with Crippen LogP contribution in [0, 0.1) is 6.92 Å². The molecule has 0 saturated carbocycles. The third-order valence-electron chi connectivity index (χ3n) is 2.27. The molecule has 0 aliphatic carbocycles. The van der Waals surface area contributed by atoms with Crippen LogP contribution in [0.4, 0.5) is 11.4 Å². The fourth-order valence-corrected chi connectivity index (χ4v) is 1.45. The predicted octanol–water partition coefficient (Wildman–Crippen LogP) is 1.39. The molecule has 4 heteroatoms. The van der Waals surface area contributed by atoms with Crippen molar-refractivity contribution in [1.82, 2.24) is 0 Å². The highest BCUT2D eigenvalue weighted by molar-refractivity contribution is 5.57. The Labute approximate surface area is 96.4 Å². The number of aryl methyl sites for hydroxylation is 1. The molecule has 1 rings (SSSR count).